The van der Waals surface area contributed by atoms with Gasteiger partial charge in [0.15, 0.2) is 0 Å². The Morgan fingerprint density at radius 1 is 1.25 bits per heavy atom. The fourth-order valence-corrected chi connectivity index (χ4v) is 2.09. The molecule has 0 aromatic heterocycles. The van der Waals surface area contributed by atoms with Gasteiger partial charge in [0, 0.05) is 13.1 Å². The van der Waals surface area contributed by atoms with E-state index >= 15 is 0 Å². The molecule has 0 fully saturated rings. The van der Waals surface area contributed by atoms with Gasteiger partial charge in [-0.05, 0) is 30.2 Å². The number of carboxylic acid groups (broad SMARTS) is 1. The summed E-state index contributed by atoms with van der Waals surface area (Å²) in [5.74, 6) is -0.0363. The lowest BCUT2D eigenvalue weighted by atomic mass is 9.96. The molecule has 0 saturated carbocycles. The number of carboxylic acids is 1. The molecule has 0 atom stereocenters. The van der Waals surface area contributed by atoms with Crippen molar-refractivity contribution in [1.29, 1.82) is 0 Å². The minimum atomic E-state index is -0.817. The number of aliphatic carboxylic acids is 1. The Morgan fingerprint density at radius 2 is 1.85 bits per heavy atom. The highest BCUT2D eigenvalue weighted by Gasteiger charge is 2.13. The highest BCUT2D eigenvalue weighted by Crippen LogP contribution is 2.15. The standard InChI is InChI=1S/C16H25NO3/c1-16(2,3)12-17(4)9-10-20-14-7-5-13(6-8-14)11-15(18)19/h5-8H,9-12H2,1-4H3,(H,18,19). The lowest BCUT2D eigenvalue weighted by Gasteiger charge is -2.26. The molecule has 0 amide bonds. The highest BCUT2D eigenvalue weighted by molar-refractivity contribution is 5.70. The molecule has 0 bridgehead atoms. The van der Waals surface area contributed by atoms with Crippen molar-refractivity contribution in [2.24, 2.45) is 5.41 Å². The van der Waals surface area contributed by atoms with Crippen molar-refractivity contribution in [3.63, 3.8) is 0 Å². The average molecular weight is 279 g/mol. The third-order valence-electron chi connectivity index (χ3n) is 2.76. The van der Waals surface area contributed by atoms with Gasteiger partial charge in [-0.3, -0.25) is 4.79 Å². The number of likely N-dealkylation sites (N-methyl/N-ethyl adjacent to an activating group) is 1. The number of hydrogen-bond donors (Lipinski definition) is 1. The zero-order valence-corrected chi connectivity index (χ0v) is 12.8. The fraction of sp³-hybridized carbons (Fsp3) is 0.562. The van der Waals surface area contributed by atoms with E-state index in [2.05, 4.69) is 32.7 Å². The predicted molar refractivity (Wildman–Crippen MR) is 80.2 cm³/mol. The van der Waals surface area contributed by atoms with Crippen molar-refractivity contribution in [2.45, 2.75) is 27.2 Å². The van der Waals surface area contributed by atoms with E-state index in [4.69, 9.17) is 9.84 Å². The molecule has 1 aromatic rings. The predicted octanol–water partition coefficient (Wildman–Crippen LogP) is 2.67. The Kier molecular flexibility index (Phi) is 6.02. The summed E-state index contributed by atoms with van der Waals surface area (Å²) in [5, 5.41) is 8.69. The topological polar surface area (TPSA) is 49.8 Å². The zero-order valence-electron chi connectivity index (χ0n) is 12.8. The van der Waals surface area contributed by atoms with Crippen LogP contribution in [0.1, 0.15) is 26.3 Å². The molecular weight excluding hydrogens is 254 g/mol. The van der Waals surface area contributed by atoms with Crippen molar-refractivity contribution in [2.75, 3.05) is 26.7 Å². The zero-order chi connectivity index (χ0) is 15.2. The van der Waals surface area contributed by atoms with E-state index < -0.39 is 5.97 Å². The molecule has 1 rings (SSSR count). The summed E-state index contributed by atoms with van der Waals surface area (Å²) < 4.78 is 5.66. The Bertz CT molecular complexity index is 420. The van der Waals surface area contributed by atoms with Crippen molar-refractivity contribution >= 4 is 5.97 Å². The molecule has 1 N–H and O–H groups in total. The summed E-state index contributed by atoms with van der Waals surface area (Å²) in [5.41, 5.74) is 1.07. The summed E-state index contributed by atoms with van der Waals surface area (Å²) >= 11 is 0. The van der Waals surface area contributed by atoms with E-state index in [0.29, 0.717) is 6.61 Å². The summed E-state index contributed by atoms with van der Waals surface area (Å²) in [6.07, 6.45) is 0.0502. The maximum Gasteiger partial charge on any atom is 0.307 e. The van der Waals surface area contributed by atoms with Crippen molar-refractivity contribution in [3.8, 4) is 5.75 Å². The van der Waals surface area contributed by atoms with Crippen LogP contribution in [0, 0.1) is 5.41 Å². The summed E-state index contributed by atoms with van der Waals surface area (Å²) in [4.78, 5) is 12.8. The van der Waals surface area contributed by atoms with Gasteiger partial charge in [0.05, 0.1) is 6.42 Å². The van der Waals surface area contributed by atoms with E-state index in [1.165, 1.54) is 0 Å². The lowest BCUT2D eigenvalue weighted by molar-refractivity contribution is -0.136. The van der Waals surface area contributed by atoms with Crippen LogP contribution < -0.4 is 4.74 Å². The molecule has 112 valence electrons. The molecule has 4 nitrogen and oxygen atoms in total. The largest absolute Gasteiger partial charge is 0.492 e. The van der Waals surface area contributed by atoms with E-state index in [9.17, 15) is 4.79 Å². The molecule has 0 aliphatic carbocycles. The highest BCUT2D eigenvalue weighted by atomic mass is 16.5. The molecule has 4 heteroatoms. The number of benzene rings is 1. The van der Waals surface area contributed by atoms with Gasteiger partial charge in [-0.15, -0.1) is 0 Å². The molecule has 0 aliphatic rings. The first-order chi connectivity index (χ1) is 9.26. The molecule has 0 saturated heterocycles. The van der Waals surface area contributed by atoms with E-state index in [1.54, 1.807) is 12.1 Å². The summed E-state index contributed by atoms with van der Waals surface area (Å²) in [6.45, 7) is 9.16. The molecule has 0 spiro atoms. The molecular formula is C16H25NO3. The molecule has 0 heterocycles. The number of hydrogen-bond acceptors (Lipinski definition) is 3. The van der Waals surface area contributed by atoms with E-state index in [-0.39, 0.29) is 11.8 Å². The van der Waals surface area contributed by atoms with Crippen LogP contribution in [0.5, 0.6) is 5.75 Å². The molecule has 20 heavy (non-hydrogen) atoms. The van der Waals surface area contributed by atoms with Gasteiger partial charge in [-0.2, -0.15) is 0 Å². The Hall–Kier alpha value is -1.55. The van der Waals surface area contributed by atoms with Crippen LogP contribution >= 0.6 is 0 Å². The van der Waals surface area contributed by atoms with Gasteiger partial charge < -0.3 is 14.7 Å². The fourth-order valence-electron chi connectivity index (χ4n) is 2.09. The van der Waals surface area contributed by atoms with Crippen LogP contribution in [0.15, 0.2) is 24.3 Å². The second-order valence-electron chi connectivity index (χ2n) is 6.36. The Morgan fingerprint density at radius 3 is 2.35 bits per heavy atom. The summed E-state index contributed by atoms with van der Waals surface area (Å²) in [6, 6.07) is 7.23. The van der Waals surface area contributed by atoms with Crippen molar-refractivity contribution in [3.05, 3.63) is 29.8 Å². The monoisotopic (exact) mass is 279 g/mol. The van der Waals surface area contributed by atoms with Gasteiger partial charge >= 0.3 is 5.97 Å². The lowest BCUT2D eigenvalue weighted by Crippen LogP contribution is -2.32. The second-order valence-corrected chi connectivity index (χ2v) is 6.36. The second kappa shape index (κ2) is 7.29. The first-order valence-corrected chi connectivity index (χ1v) is 6.88. The number of nitrogens with zero attached hydrogens (tertiary/aromatic N) is 1. The number of rotatable bonds is 7. The smallest absolute Gasteiger partial charge is 0.307 e. The number of carbonyl (C=O) groups is 1. The first kappa shape index (κ1) is 16.5. The van der Waals surface area contributed by atoms with Gasteiger partial charge in [0.2, 0.25) is 0 Å². The molecule has 0 aliphatic heterocycles. The summed E-state index contributed by atoms with van der Waals surface area (Å²) in [7, 11) is 2.09. The van der Waals surface area contributed by atoms with Crippen LogP contribution in [0.2, 0.25) is 0 Å². The third-order valence-corrected chi connectivity index (χ3v) is 2.76. The van der Waals surface area contributed by atoms with E-state index in [0.717, 1.165) is 24.4 Å². The normalized spacial score (nSPS) is 11.7. The Balaban J connectivity index is 2.33. The third kappa shape index (κ3) is 7.14. The van der Waals surface area contributed by atoms with Crippen molar-refractivity contribution in [1.82, 2.24) is 4.90 Å². The average Bonchev–Trinajstić information content (AvgIpc) is 2.28. The van der Waals surface area contributed by atoms with Gasteiger partial charge in [0.25, 0.3) is 0 Å². The van der Waals surface area contributed by atoms with Crippen LogP contribution in [0.25, 0.3) is 0 Å². The minimum absolute atomic E-state index is 0.0502. The maximum atomic E-state index is 10.6. The van der Waals surface area contributed by atoms with Crippen LogP contribution in [0.4, 0.5) is 0 Å². The first-order valence-electron chi connectivity index (χ1n) is 6.88. The SMILES string of the molecule is CN(CCOc1ccc(CC(=O)O)cc1)CC(C)(C)C. The Labute approximate surface area is 121 Å². The van der Waals surface area contributed by atoms with Crippen LogP contribution in [-0.2, 0) is 11.2 Å². The molecule has 0 radical (unpaired) electrons. The van der Waals surface area contributed by atoms with Crippen LogP contribution in [0.3, 0.4) is 0 Å². The molecule has 1 aromatic carbocycles. The van der Waals surface area contributed by atoms with Gasteiger partial charge in [0.1, 0.15) is 12.4 Å². The van der Waals surface area contributed by atoms with Crippen LogP contribution in [-0.4, -0.2) is 42.7 Å². The van der Waals surface area contributed by atoms with Gasteiger partial charge in [-0.1, -0.05) is 32.9 Å². The number of ether oxygens (including phenoxy) is 1. The molecule has 0 unspecified atom stereocenters. The minimum Gasteiger partial charge on any atom is -0.492 e. The van der Waals surface area contributed by atoms with Crippen molar-refractivity contribution < 1.29 is 14.6 Å². The maximum absolute atomic E-state index is 10.6. The quantitative estimate of drug-likeness (QED) is 0.833. The van der Waals surface area contributed by atoms with Gasteiger partial charge in [-0.25, -0.2) is 0 Å². The van der Waals surface area contributed by atoms with E-state index in [1.807, 2.05) is 12.1 Å².